The van der Waals surface area contributed by atoms with Crippen LogP contribution in [0.5, 0.6) is 5.75 Å². The topological polar surface area (TPSA) is 55.0 Å². The molecule has 7 heteroatoms. The maximum atomic E-state index is 12.3. The van der Waals surface area contributed by atoms with Gasteiger partial charge < -0.3 is 9.72 Å². The highest BCUT2D eigenvalue weighted by molar-refractivity contribution is 7.18. The first-order valence-corrected chi connectivity index (χ1v) is 8.55. The predicted molar refractivity (Wildman–Crippen MR) is 95.2 cm³/mol. The number of nitrogens with one attached hydrogen (secondary N) is 1. The summed E-state index contributed by atoms with van der Waals surface area (Å²) >= 11 is 13.4. The number of fused-ring (bicyclic) bond motifs is 1. The molecular formula is C16H14Cl2N2O2S. The van der Waals surface area contributed by atoms with Crippen molar-refractivity contribution in [1.82, 2.24) is 9.97 Å². The number of rotatable bonds is 3. The van der Waals surface area contributed by atoms with Gasteiger partial charge >= 0.3 is 0 Å². The molecule has 1 atom stereocenters. The van der Waals surface area contributed by atoms with Crippen molar-refractivity contribution in [3.05, 3.63) is 54.9 Å². The molecule has 0 aliphatic heterocycles. The van der Waals surface area contributed by atoms with Crippen molar-refractivity contribution in [2.75, 3.05) is 0 Å². The number of benzene rings is 1. The Morgan fingerprint density at radius 1 is 1.26 bits per heavy atom. The zero-order valence-corrected chi connectivity index (χ0v) is 15.1. The van der Waals surface area contributed by atoms with Crippen LogP contribution in [0.2, 0.25) is 10.0 Å². The van der Waals surface area contributed by atoms with E-state index in [4.69, 9.17) is 27.9 Å². The lowest BCUT2D eigenvalue weighted by Crippen LogP contribution is -2.16. The number of nitrogens with zero attached hydrogens (tertiary/aromatic N) is 1. The molecule has 0 saturated heterocycles. The minimum Gasteiger partial charge on any atom is -0.483 e. The first-order valence-electron chi connectivity index (χ1n) is 6.98. The molecule has 1 N–H and O–H groups in total. The summed E-state index contributed by atoms with van der Waals surface area (Å²) in [6, 6.07) is 5.02. The second-order valence-electron chi connectivity index (χ2n) is 5.25. The maximum absolute atomic E-state index is 12.3. The van der Waals surface area contributed by atoms with Gasteiger partial charge in [0.05, 0.1) is 15.4 Å². The predicted octanol–water partition coefficient (Wildman–Crippen LogP) is 5.05. The van der Waals surface area contributed by atoms with E-state index in [0.717, 1.165) is 15.3 Å². The highest BCUT2D eigenvalue weighted by Crippen LogP contribution is 2.30. The van der Waals surface area contributed by atoms with Crippen LogP contribution >= 0.6 is 34.5 Å². The van der Waals surface area contributed by atoms with Gasteiger partial charge in [-0.1, -0.05) is 23.2 Å². The molecule has 3 aromatic rings. The van der Waals surface area contributed by atoms with Gasteiger partial charge in [-0.05, 0) is 38.5 Å². The number of halogens is 2. The highest BCUT2D eigenvalue weighted by atomic mass is 35.5. The monoisotopic (exact) mass is 368 g/mol. The number of thiophene rings is 1. The molecule has 23 heavy (non-hydrogen) atoms. The number of H-pyrrole nitrogens is 1. The van der Waals surface area contributed by atoms with E-state index in [1.807, 2.05) is 20.8 Å². The van der Waals surface area contributed by atoms with E-state index in [9.17, 15) is 4.79 Å². The van der Waals surface area contributed by atoms with E-state index in [0.29, 0.717) is 27.0 Å². The number of aromatic amines is 1. The molecule has 0 aliphatic carbocycles. The van der Waals surface area contributed by atoms with Crippen molar-refractivity contribution < 1.29 is 4.74 Å². The van der Waals surface area contributed by atoms with Gasteiger partial charge in [-0.15, -0.1) is 11.3 Å². The number of ether oxygens (including phenoxy) is 1. The highest BCUT2D eigenvalue weighted by Gasteiger charge is 2.16. The third kappa shape index (κ3) is 3.09. The van der Waals surface area contributed by atoms with Crippen LogP contribution in [0.15, 0.2) is 23.0 Å². The summed E-state index contributed by atoms with van der Waals surface area (Å²) in [6.45, 7) is 5.73. The molecule has 2 aromatic heterocycles. The minimum atomic E-state index is -0.424. The number of aryl methyl sites for hydroxylation is 2. The third-order valence-corrected chi connectivity index (χ3v) is 5.49. The van der Waals surface area contributed by atoms with Crippen LogP contribution in [0.3, 0.4) is 0 Å². The summed E-state index contributed by atoms with van der Waals surface area (Å²) < 4.78 is 5.81. The number of hydrogen-bond donors (Lipinski definition) is 1. The molecule has 0 saturated carbocycles. The molecule has 0 spiro atoms. The van der Waals surface area contributed by atoms with Crippen molar-refractivity contribution >= 4 is 44.8 Å². The Balaban J connectivity index is 1.96. The summed E-state index contributed by atoms with van der Waals surface area (Å²) in [6.07, 6.45) is -0.424. The van der Waals surface area contributed by atoms with E-state index in [1.54, 1.807) is 18.2 Å². The van der Waals surface area contributed by atoms with Crippen molar-refractivity contribution in [1.29, 1.82) is 0 Å². The molecule has 120 valence electrons. The Labute approximate surface area is 147 Å². The smallest absolute Gasteiger partial charge is 0.260 e. The van der Waals surface area contributed by atoms with Crippen LogP contribution in [0.25, 0.3) is 10.2 Å². The molecule has 0 radical (unpaired) electrons. The second kappa shape index (κ2) is 6.15. The summed E-state index contributed by atoms with van der Waals surface area (Å²) in [5, 5.41) is 1.53. The minimum absolute atomic E-state index is 0.142. The van der Waals surface area contributed by atoms with Gasteiger partial charge in [0.25, 0.3) is 5.56 Å². The van der Waals surface area contributed by atoms with Crippen LogP contribution in [-0.2, 0) is 0 Å². The van der Waals surface area contributed by atoms with Crippen LogP contribution in [0.1, 0.15) is 29.3 Å². The molecule has 0 bridgehead atoms. The van der Waals surface area contributed by atoms with Gasteiger partial charge in [0, 0.05) is 10.9 Å². The van der Waals surface area contributed by atoms with Crippen LogP contribution in [-0.4, -0.2) is 9.97 Å². The van der Waals surface area contributed by atoms with Gasteiger partial charge in [-0.2, -0.15) is 0 Å². The van der Waals surface area contributed by atoms with E-state index in [-0.39, 0.29) is 5.56 Å². The first kappa shape index (κ1) is 16.3. The van der Waals surface area contributed by atoms with E-state index < -0.39 is 6.10 Å². The fourth-order valence-corrected chi connectivity index (χ4v) is 3.60. The summed E-state index contributed by atoms with van der Waals surface area (Å²) in [5.74, 6) is 1.04. The molecule has 4 nitrogen and oxygen atoms in total. The van der Waals surface area contributed by atoms with Gasteiger partial charge in [0.1, 0.15) is 10.6 Å². The third-order valence-electron chi connectivity index (χ3n) is 3.65. The maximum Gasteiger partial charge on any atom is 0.260 e. The summed E-state index contributed by atoms with van der Waals surface area (Å²) in [7, 11) is 0. The van der Waals surface area contributed by atoms with E-state index in [2.05, 4.69) is 9.97 Å². The quantitative estimate of drug-likeness (QED) is 0.703. The first-order chi connectivity index (χ1) is 10.9. The van der Waals surface area contributed by atoms with Gasteiger partial charge in [0.15, 0.2) is 11.9 Å². The lowest BCUT2D eigenvalue weighted by Gasteiger charge is -2.14. The zero-order chi connectivity index (χ0) is 16.7. The molecule has 2 heterocycles. The van der Waals surface area contributed by atoms with Crippen LogP contribution < -0.4 is 10.3 Å². The second-order valence-corrected chi connectivity index (χ2v) is 7.27. The average Bonchev–Trinajstić information content (AvgIpc) is 2.78. The van der Waals surface area contributed by atoms with Gasteiger partial charge in [0.2, 0.25) is 0 Å². The molecule has 0 unspecified atom stereocenters. The largest absolute Gasteiger partial charge is 0.483 e. The molecule has 0 aliphatic rings. The average molecular weight is 369 g/mol. The molecule has 0 fully saturated rings. The Bertz CT molecular complexity index is 949. The van der Waals surface area contributed by atoms with Crippen molar-refractivity contribution in [3.8, 4) is 5.75 Å². The molecule has 1 aromatic carbocycles. The summed E-state index contributed by atoms with van der Waals surface area (Å²) in [5.41, 5.74) is 0.833. The van der Waals surface area contributed by atoms with E-state index >= 15 is 0 Å². The molecular weight excluding hydrogens is 355 g/mol. The fraction of sp³-hybridized carbons (Fsp3) is 0.250. The molecule has 0 amide bonds. The normalized spacial score (nSPS) is 12.6. The summed E-state index contributed by atoms with van der Waals surface area (Å²) in [4.78, 5) is 21.5. The Morgan fingerprint density at radius 3 is 2.70 bits per heavy atom. The number of aromatic nitrogens is 2. The lowest BCUT2D eigenvalue weighted by atomic mass is 10.2. The van der Waals surface area contributed by atoms with Crippen molar-refractivity contribution in [2.45, 2.75) is 26.9 Å². The zero-order valence-electron chi connectivity index (χ0n) is 12.7. The van der Waals surface area contributed by atoms with Crippen molar-refractivity contribution in [2.24, 2.45) is 0 Å². The Morgan fingerprint density at radius 2 is 2.00 bits per heavy atom. The SMILES string of the molecule is Cc1sc2nc([C@@H](C)Oc3ccc(Cl)c(Cl)c3)[nH]c(=O)c2c1C. The molecule has 3 rings (SSSR count). The number of hydrogen-bond acceptors (Lipinski definition) is 4. The lowest BCUT2D eigenvalue weighted by molar-refractivity contribution is 0.216. The standard InChI is InChI=1S/C16H14Cl2N2O2S/c1-7-9(3)23-16-13(7)15(21)19-14(20-16)8(2)22-10-4-5-11(17)12(18)6-10/h4-6,8H,1-3H3,(H,19,20,21)/t8-/m1/s1. The van der Waals surface area contributed by atoms with E-state index in [1.165, 1.54) is 11.3 Å². The van der Waals surface area contributed by atoms with Crippen molar-refractivity contribution in [3.63, 3.8) is 0 Å². The fourth-order valence-electron chi connectivity index (χ4n) is 2.27. The van der Waals surface area contributed by atoms with Gasteiger partial charge in [-0.3, -0.25) is 4.79 Å². The Hall–Kier alpha value is -1.56. The van der Waals surface area contributed by atoms with Gasteiger partial charge in [-0.25, -0.2) is 4.98 Å². The van der Waals surface area contributed by atoms with Crippen LogP contribution in [0.4, 0.5) is 0 Å². The van der Waals surface area contributed by atoms with Crippen LogP contribution in [0, 0.1) is 13.8 Å². The Kier molecular flexibility index (Phi) is 4.36.